The maximum Gasteiger partial charge on any atom is 0.240 e. The molecule has 0 aliphatic carbocycles. The summed E-state index contributed by atoms with van der Waals surface area (Å²) in [4.78, 5) is 4.52. The topological polar surface area (TPSA) is 82.6 Å². The van der Waals surface area contributed by atoms with Crippen LogP contribution in [0.15, 0.2) is 34.2 Å². The van der Waals surface area contributed by atoms with Crippen LogP contribution in [0.3, 0.4) is 0 Å². The molecule has 0 saturated heterocycles. The first kappa shape index (κ1) is 14.8. The number of hydrogen-bond acceptors (Lipinski definition) is 5. The van der Waals surface area contributed by atoms with E-state index >= 15 is 0 Å². The van der Waals surface area contributed by atoms with Crippen LogP contribution < -0.4 is 15.4 Å². The predicted octanol–water partition coefficient (Wildman–Crippen LogP) is 0.211. The van der Waals surface area contributed by atoms with Crippen LogP contribution >= 0.6 is 0 Å². The summed E-state index contributed by atoms with van der Waals surface area (Å²) < 4.78 is 26.6. The molecular weight excluding hydrogens is 276 g/mol. The lowest BCUT2D eigenvalue weighted by atomic mass is 10.2. The molecule has 1 aromatic carbocycles. The Morgan fingerprint density at radius 1 is 1.30 bits per heavy atom. The highest BCUT2D eigenvalue weighted by molar-refractivity contribution is 7.89. The van der Waals surface area contributed by atoms with Crippen molar-refractivity contribution in [3.63, 3.8) is 0 Å². The minimum Gasteiger partial charge on any atom is -0.355 e. The van der Waals surface area contributed by atoms with Crippen LogP contribution in [0, 0.1) is 6.92 Å². The molecule has 110 valence electrons. The molecule has 1 aliphatic heterocycles. The van der Waals surface area contributed by atoms with Crippen LogP contribution in [0.25, 0.3) is 0 Å². The molecule has 1 aromatic rings. The van der Waals surface area contributed by atoms with Gasteiger partial charge in [-0.05, 0) is 26.0 Å². The van der Waals surface area contributed by atoms with Gasteiger partial charge >= 0.3 is 0 Å². The zero-order chi connectivity index (χ0) is 14.6. The van der Waals surface area contributed by atoms with Crippen LogP contribution in [0.4, 0.5) is 0 Å². The van der Waals surface area contributed by atoms with Crippen molar-refractivity contribution in [2.45, 2.75) is 24.8 Å². The van der Waals surface area contributed by atoms with E-state index in [1.165, 1.54) is 0 Å². The van der Waals surface area contributed by atoms with Gasteiger partial charge in [-0.3, -0.25) is 4.99 Å². The molecule has 3 N–H and O–H groups in total. The molecule has 2 rings (SSSR count). The molecule has 1 unspecified atom stereocenters. The third-order valence-electron chi connectivity index (χ3n) is 2.95. The van der Waals surface area contributed by atoms with E-state index in [2.05, 4.69) is 20.3 Å². The highest BCUT2D eigenvalue weighted by Gasteiger charge is 2.14. The normalized spacial score (nSPS) is 18.5. The minimum absolute atomic E-state index is 0.285. The van der Waals surface area contributed by atoms with Gasteiger partial charge in [-0.1, -0.05) is 17.7 Å². The van der Waals surface area contributed by atoms with Crippen molar-refractivity contribution in [1.82, 2.24) is 15.4 Å². The molecule has 0 saturated carbocycles. The number of aryl methyl sites for hydroxylation is 1. The van der Waals surface area contributed by atoms with Crippen LogP contribution in [0.5, 0.6) is 0 Å². The van der Waals surface area contributed by atoms with Gasteiger partial charge in [0, 0.05) is 19.1 Å². The van der Waals surface area contributed by atoms with E-state index in [1.54, 1.807) is 24.3 Å². The Hall–Kier alpha value is -1.60. The van der Waals surface area contributed by atoms with Gasteiger partial charge in [0.25, 0.3) is 0 Å². The van der Waals surface area contributed by atoms with E-state index in [-0.39, 0.29) is 4.90 Å². The SMILES string of the molecule is Cc1ccc(S(=O)(=O)NCCNC2=NCC(C)N2)cc1. The summed E-state index contributed by atoms with van der Waals surface area (Å²) in [6.45, 7) is 5.51. The Morgan fingerprint density at radius 2 is 2.00 bits per heavy atom. The maximum absolute atomic E-state index is 12.0. The maximum atomic E-state index is 12.0. The molecule has 0 fully saturated rings. The fourth-order valence-electron chi connectivity index (χ4n) is 1.83. The van der Waals surface area contributed by atoms with Crippen LogP contribution in [-0.4, -0.2) is 40.1 Å². The Bertz CT molecular complexity index is 581. The number of nitrogens with zero attached hydrogens (tertiary/aromatic N) is 1. The molecular formula is C13H20N4O2S. The fourth-order valence-corrected chi connectivity index (χ4v) is 2.86. The first-order valence-electron chi connectivity index (χ1n) is 6.58. The third kappa shape index (κ3) is 3.94. The van der Waals surface area contributed by atoms with Gasteiger partial charge in [-0.2, -0.15) is 0 Å². The summed E-state index contributed by atoms with van der Waals surface area (Å²) in [5.41, 5.74) is 1.03. The minimum atomic E-state index is -3.43. The lowest BCUT2D eigenvalue weighted by Crippen LogP contribution is -2.41. The van der Waals surface area contributed by atoms with Crippen molar-refractivity contribution in [2.75, 3.05) is 19.6 Å². The third-order valence-corrected chi connectivity index (χ3v) is 4.42. The summed E-state index contributed by atoms with van der Waals surface area (Å²) in [7, 11) is -3.43. The zero-order valence-electron chi connectivity index (χ0n) is 11.7. The van der Waals surface area contributed by atoms with Gasteiger partial charge in [0.1, 0.15) is 0 Å². The van der Waals surface area contributed by atoms with E-state index in [0.29, 0.717) is 19.1 Å². The van der Waals surface area contributed by atoms with Gasteiger partial charge < -0.3 is 10.6 Å². The number of aliphatic imine (C=N–C) groups is 1. The molecule has 0 amide bonds. The Kier molecular flexibility index (Phi) is 4.61. The molecule has 0 spiro atoms. The fraction of sp³-hybridized carbons (Fsp3) is 0.462. The smallest absolute Gasteiger partial charge is 0.240 e. The highest BCUT2D eigenvalue weighted by Crippen LogP contribution is 2.09. The van der Waals surface area contributed by atoms with Crippen LogP contribution in [0.1, 0.15) is 12.5 Å². The van der Waals surface area contributed by atoms with Crippen molar-refractivity contribution >= 4 is 16.0 Å². The van der Waals surface area contributed by atoms with E-state index in [9.17, 15) is 8.42 Å². The second-order valence-electron chi connectivity index (χ2n) is 4.87. The monoisotopic (exact) mass is 296 g/mol. The number of hydrogen-bond donors (Lipinski definition) is 3. The largest absolute Gasteiger partial charge is 0.355 e. The second kappa shape index (κ2) is 6.23. The number of rotatable bonds is 5. The Balaban J connectivity index is 1.79. The summed E-state index contributed by atoms with van der Waals surface area (Å²) in [6, 6.07) is 7.11. The lowest BCUT2D eigenvalue weighted by molar-refractivity contribution is 0.580. The summed E-state index contributed by atoms with van der Waals surface area (Å²) in [6.07, 6.45) is 0. The van der Waals surface area contributed by atoms with E-state index in [1.807, 2.05) is 13.8 Å². The molecule has 7 heteroatoms. The lowest BCUT2D eigenvalue weighted by Gasteiger charge is -2.10. The highest BCUT2D eigenvalue weighted by atomic mass is 32.2. The van der Waals surface area contributed by atoms with Crippen LogP contribution in [-0.2, 0) is 10.0 Å². The molecule has 1 atom stereocenters. The van der Waals surface area contributed by atoms with Crippen molar-refractivity contribution in [3.05, 3.63) is 29.8 Å². The predicted molar refractivity (Wildman–Crippen MR) is 79.3 cm³/mol. The molecule has 1 heterocycles. The quantitative estimate of drug-likeness (QED) is 0.678. The van der Waals surface area contributed by atoms with E-state index in [0.717, 1.165) is 18.1 Å². The first-order valence-corrected chi connectivity index (χ1v) is 8.07. The Morgan fingerprint density at radius 3 is 2.60 bits per heavy atom. The van der Waals surface area contributed by atoms with E-state index in [4.69, 9.17) is 0 Å². The van der Waals surface area contributed by atoms with Crippen molar-refractivity contribution in [1.29, 1.82) is 0 Å². The van der Waals surface area contributed by atoms with Gasteiger partial charge in [-0.15, -0.1) is 0 Å². The first-order chi connectivity index (χ1) is 9.47. The molecule has 0 aromatic heterocycles. The van der Waals surface area contributed by atoms with Crippen molar-refractivity contribution in [3.8, 4) is 0 Å². The molecule has 20 heavy (non-hydrogen) atoms. The number of sulfonamides is 1. The Labute approximate surface area is 119 Å². The van der Waals surface area contributed by atoms with Gasteiger partial charge in [-0.25, -0.2) is 13.1 Å². The standard InChI is InChI=1S/C13H20N4O2S/c1-10-3-5-12(6-4-10)20(18,19)16-8-7-14-13-15-9-11(2)17-13/h3-6,11,16H,7-9H2,1-2H3,(H2,14,15,17). The van der Waals surface area contributed by atoms with E-state index < -0.39 is 10.0 Å². The number of nitrogens with one attached hydrogen (secondary N) is 3. The summed E-state index contributed by atoms with van der Waals surface area (Å²) >= 11 is 0. The molecule has 6 nitrogen and oxygen atoms in total. The van der Waals surface area contributed by atoms with Crippen molar-refractivity contribution < 1.29 is 8.42 Å². The summed E-state index contributed by atoms with van der Waals surface area (Å²) in [5.74, 6) is 0.729. The summed E-state index contributed by atoms with van der Waals surface area (Å²) in [5, 5.41) is 6.21. The molecule has 1 aliphatic rings. The average Bonchev–Trinajstić information content (AvgIpc) is 2.81. The number of guanidine groups is 1. The molecule has 0 radical (unpaired) electrons. The van der Waals surface area contributed by atoms with Gasteiger partial charge in [0.05, 0.1) is 11.4 Å². The molecule has 0 bridgehead atoms. The van der Waals surface area contributed by atoms with Gasteiger partial charge in [0.15, 0.2) is 5.96 Å². The van der Waals surface area contributed by atoms with Crippen molar-refractivity contribution in [2.24, 2.45) is 4.99 Å². The average molecular weight is 296 g/mol. The zero-order valence-corrected chi connectivity index (χ0v) is 12.5. The second-order valence-corrected chi connectivity index (χ2v) is 6.64. The van der Waals surface area contributed by atoms with Crippen LogP contribution in [0.2, 0.25) is 0 Å². The number of benzene rings is 1. The van der Waals surface area contributed by atoms with Gasteiger partial charge in [0.2, 0.25) is 10.0 Å².